The van der Waals surface area contributed by atoms with Gasteiger partial charge in [0.05, 0.1) is 6.20 Å². The summed E-state index contributed by atoms with van der Waals surface area (Å²) in [5.74, 6) is 0.308. The summed E-state index contributed by atoms with van der Waals surface area (Å²) in [6, 6.07) is 3.47. The summed E-state index contributed by atoms with van der Waals surface area (Å²) >= 11 is 0. The van der Waals surface area contributed by atoms with Gasteiger partial charge in [0.1, 0.15) is 11.5 Å². The van der Waals surface area contributed by atoms with E-state index in [2.05, 4.69) is 20.5 Å². The van der Waals surface area contributed by atoms with E-state index in [1.165, 1.54) is 0 Å². The van der Waals surface area contributed by atoms with Crippen molar-refractivity contribution in [2.45, 2.75) is 6.54 Å². The van der Waals surface area contributed by atoms with Crippen molar-refractivity contribution in [2.24, 2.45) is 0 Å². The van der Waals surface area contributed by atoms with Crippen molar-refractivity contribution in [3.8, 4) is 0 Å². The molecule has 2 heterocycles. The number of amides is 1. The molecule has 0 saturated carbocycles. The fraction of sp³-hybridized carbons (Fsp3) is 0.111. The number of hydrogen-bond donors (Lipinski definition) is 4. The molecular formula is C9H11N5O. The molecule has 0 aliphatic rings. The minimum absolute atomic E-state index is 0.166. The monoisotopic (exact) mass is 205 g/mol. The van der Waals surface area contributed by atoms with E-state index in [0.29, 0.717) is 18.1 Å². The van der Waals surface area contributed by atoms with Crippen LogP contribution in [0.2, 0.25) is 0 Å². The number of nitrogens with one attached hydrogen (secondary N) is 3. The number of nitrogen functional groups attached to an aromatic ring is 1. The number of hydrogen-bond acceptors (Lipinski definition) is 3. The third-order valence-electron chi connectivity index (χ3n) is 2.03. The smallest absolute Gasteiger partial charge is 0.267 e. The zero-order chi connectivity index (χ0) is 10.7. The number of aromatic amines is 2. The maximum atomic E-state index is 11.5. The molecule has 0 fully saturated rings. The van der Waals surface area contributed by atoms with Gasteiger partial charge in [0.15, 0.2) is 0 Å². The van der Waals surface area contributed by atoms with Crippen LogP contribution in [0.15, 0.2) is 24.5 Å². The molecule has 0 bridgehead atoms. The number of H-pyrrole nitrogens is 2. The van der Waals surface area contributed by atoms with Gasteiger partial charge in [-0.05, 0) is 12.1 Å². The van der Waals surface area contributed by atoms with Crippen LogP contribution in [0.25, 0.3) is 0 Å². The van der Waals surface area contributed by atoms with Gasteiger partial charge in [-0.15, -0.1) is 0 Å². The van der Waals surface area contributed by atoms with E-state index < -0.39 is 0 Å². The molecule has 5 N–H and O–H groups in total. The van der Waals surface area contributed by atoms with Crippen LogP contribution in [0.1, 0.15) is 16.1 Å². The lowest BCUT2D eigenvalue weighted by atomic mass is 10.3. The van der Waals surface area contributed by atoms with Crippen molar-refractivity contribution < 1.29 is 4.79 Å². The molecule has 0 unspecified atom stereocenters. The molecule has 6 heteroatoms. The van der Waals surface area contributed by atoms with E-state index in [9.17, 15) is 4.79 Å². The number of rotatable bonds is 3. The van der Waals surface area contributed by atoms with Crippen molar-refractivity contribution in [2.75, 3.05) is 5.73 Å². The summed E-state index contributed by atoms with van der Waals surface area (Å²) < 4.78 is 0. The average Bonchev–Trinajstić information content (AvgIpc) is 2.85. The van der Waals surface area contributed by atoms with Crippen molar-refractivity contribution in [3.63, 3.8) is 0 Å². The van der Waals surface area contributed by atoms with Crippen LogP contribution in [0.4, 0.5) is 5.82 Å². The van der Waals surface area contributed by atoms with Gasteiger partial charge in [-0.25, -0.2) is 0 Å². The molecule has 15 heavy (non-hydrogen) atoms. The maximum absolute atomic E-state index is 11.5. The van der Waals surface area contributed by atoms with Crippen molar-refractivity contribution >= 4 is 11.7 Å². The first-order chi connectivity index (χ1) is 7.27. The second-order valence-corrected chi connectivity index (χ2v) is 3.08. The van der Waals surface area contributed by atoms with Crippen molar-refractivity contribution in [1.29, 1.82) is 0 Å². The summed E-state index contributed by atoms with van der Waals surface area (Å²) in [5, 5.41) is 9.07. The Morgan fingerprint density at radius 3 is 3.07 bits per heavy atom. The lowest BCUT2D eigenvalue weighted by Crippen LogP contribution is -2.23. The van der Waals surface area contributed by atoms with Gasteiger partial charge in [-0.1, -0.05) is 0 Å². The first kappa shape index (κ1) is 9.32. The molecule has 0 aromatic carbocycles. The van der Waals surface area contributed by atoms with E-state index in [1.54, 1.807) is 24.5 Å². The molecule has 2 aromatic heterocycles. The number of carbonyl (C=O) groups is 1. The van der Waals surface area contributed by atoms with E-state index in [4.69, 9.17) is 5.73 Å². The maximum Gasteiger partial charge on any atom is 0.267 e. The predicted octanol–water partition coefficient (Wildman–Crippen LogP) is 0.250. The molecular weight excluding hydrogens is 194 g/mol. The van der Waals surface area contributed by atoms with Crippen LogP contribution in [0, 0.1) is 0 Å². The number of anilines is 1. The van der Waals surface area contributed by atoms with Crippen molar-refractivity contribution in [1.82, 2.24) is 20.5 Å². The Kier molecular flexibility index (Phi) is 2.40. The molecule has 0 atom stereocenters. The number of nitrogens with two attached hydrogens (primary N) is 1. The van der Waals surface area contributed by atoms with Crippen LogP contribution in [-0.4, -0.2) is 21.1 Å². The van der Waals surface area contributed by atoms with Crippen LogP contribution >= 0.6 is 0 Å². The topological polar surface area (TPSA) is 99.6 Å². The lowest BCUT2D eigenvalue weighted by molar-refractivity contribution is 0.0946. The van der Waals surface area contributed by atoms with Gasteiger partial charge in [0.2, 0.25) is 0 Å². The summed E-state index contributed by atoms with van der Waals surface area (Å²) in [6.07, 6.45) is 3.28. The lowest BCUT2D eigenvalue weighted by Gasteiger charge is -2.01. The summed E-state index contributed by atoms with van der Waals surface area (Å²) in [4.78, 5) is 14.3. The Morgan fingerprint density at radius 2 is 2.47 bits per heavy atom. The molecule has 0 radical (unpaired) electrons. The molecule has 2 rings (SSSR count). The number of carbonyl (C=O) groups excluding carboxylic acids is 1. The van der Waals surface area contributed by atoms with Gasteiger partial charge in [0.25, 0.3) is 5.91 Å². The summed E-state index contributed by atoms with van der Waals surface area (Å²) in [7, 11) is 0. The quantitative estimate of drug-likeness (QED) is 0.578. The third-order valence-corrected chi connectivity index (χ3v) is 2.03. The Morgan fingerprint density at radius 1 is 1.60 bits per heavy atom. The van der Waals surface area contributed by atoms with Gasteiger partial charge in [0, 0.05) is 18.3 Å². The Bertz CT molecular complexity index is 445. The highest BCUT2D eigenvalue weighted by atomic mass is 16.1. The highest BCUT2D eigenvalue weighted by Crippen LogP contribution is 2.05. The zero-order valence-electron chi connectivity index (χ0n) is 7.95. The van der Waals surface area contributed by atoms with Gasteiger partial charge < -0.3 is 16.0 Å². The molecule has 0 aliphatic carbocycles. The Labute approximate surface area is 85.9 Å². The highest BCUT2D eigenvalue weighted by molar-refractivity contribution is 5.92. The van der Waals surface area contributed by atoms with Crippen molar-refractivity contribution in [3.05, 3.63) is 35.8 Å². The van der Waals surface area contributed by atoms with Crippen LogP contribution in [0.3, 0.4) is 0 Å². The molecule has 1 amide bonds. The Hall–Kier alpha value is -2.24. The van der Waals surface area contributed by atoms with Gasteiger partial charge in [-0.3, -0.25) is 9.89 Å². The largest absolute Gasteiger partial charge is 0.384 e. The van der Waals surface area contributed by atoms with E-state index in [-0.39, 0.29) is 5.91 Å². The van der Waals surface area contributed by atoms with E-state index in [1.807, 2.05) is 0 Å². The molecule has 0 spiro atoms. The first-order valence-corrected chi connectivity index (χ1v) is 4.46. The second-order valence-electron chi connectivity index (χ2n) is 3.08. The molecule has 0 aliphatic heterocycles. The van der Waals surface area contributed by atoms with Crippen LogP contribution < -0.4 is 11.1 Å². The zero-order valence-corrected chi connectivity index (χ0v) is 7.95. The standard InChI is InChI=1S/C9H11N5O/c10-8-6(5-13-14-8)4-12-9(15)7-2-1-3-11-7/h1-3,5,11H,4H2,(H,12,15)(H3,10,13,14). The van der Waals surface area contributed by atoms with Gasteiger partial charge in [-0.2, -0.15) is 5.10 Å². The second kappa shape index (κ2) is 3.87. The predicted molar refractivity (Wildman–Crippen MR) is 55.0 cm³/mol. The number of aromatic nitrogens is 3. The third kappa shape index (κ3) is 1.98. The highest BCUT2D eigenvalue weighted by Gasteiger charge is 2.07. The van der Waals surface area contributed by atoms with E-state index >= 15 is 0 Å². The van der Waals surface area contributed by atoms with Gasteiger partial charge >= 0.3 is 0 Å². The molecule has 2 aromatic rings. The molecule has 78 valence electrons. The van der Waals surface area contributed by atoms with Crippen LogP contribution in [-0.2, 0) is 6.54 Å². The minimum atomic E-state index is -0.166. The first-order valence-electron chi connectivity index (χ1n) is 4.46. The SMILES string of the molecule is Nc1[nH]ncc1CNC(=O)c1ccc[nH]1. The normalized spacial score (nSPS) is 10.1. The fourth-order valence-corrected chi connectivity index (χ4v) is 1.20. The number of nitrogens with zero attached hydrogens (tertiary/aromatic N) is 1. The van der Waals surface area contributed by atoms with E-state index in [0.717, 1.165) is 5.56 Å². The molecule has 0 saturated heterocycles. The average molecular weight is 205 g/mol. The summed E-state index contributed by atoms with van der Waals surface area (Å²) in [6.45, 7) is 0.361. The fourth-order valence-electron chi connectivity index (χ4n) is 1.20. The van der Waals surface area contributed by atoms with Crippen LogP contribution in [0.5, 0.6) is 0 Å². The summed E-state index contributed by atoms with van der Waals surface area (Å²) in [5.41, 5.74) is 6.87. The molecule has 6 nitrogen and oxygen atoms in total. The Balaban J connectivity index is 1.95. The minimum Gasteiger partial charge on any atom is -0.384 e.